The van der Waals surface area contributed by atoms with Crippen molar-refractivity contribution in [2.75, 3.05) is 0 Å². The smallest absolute Gasteiger partial charge is 0.302 e. The van der Waals surface area contributed by atoms with Crippen molar-refractivity contribution in [1.29, 1.82) is 0 Å². The van der Waals surface area contributed by atoms with E-state index in [9.17, 15) is 9.90 Å². The summed E-state index contributed by atoms with van der Waals surface area (Å²) in [5.74, 6) is 0.272. The first kappa shape index (κ1) is 15.5. The van der Waals surface area contributed by atoms with E-state index < -0.39 is 5.60 Å². The minimum absolute atomic E-state index is 0.0688. The second-order valence-electron chi connectivity index (χ2n) is 7.86. The maximum atomic E-state index is 11.5. The van der Waals surface area contributed by atoms with Crippen LogP contribution >= 0.6 is 15.9 Å². The number of rotatable bonds is 1. The minimum Gasteiger partial charge on any atom is -0.461 e. The van der Waals surface area contributed by atoms with Crippen molar-refractivity contribution in [3.05, 3.63) is 12.2 Å². The van der Waals surface area contributed by atoms with Gasteiger partial charge in [-0.15, -0.1) is 0 Å². The molecule has 0 saturated heterocycles. The number of halogens is 1. The maximum Gasteiger partial charge on any atom is 0.302 e. The molecule has 3 fully saturated rings. The zero-order valence-corrected chi connectivity index (χ0v) is 14.7. The van der Waals surface area contributed by atoms with Crippen molar-refractivity contribution in [3.8, 4) is 0 Å². The molecular formula is C17H25BrO3. The number of fused-ring (bicyclic) bond motifs is 1. The summed E-state index contributed by atoms with van der Waals surface area (Å²) in [7, 11) is 0. The summed E-state index contributed by atoms with van der Waals surface area (Å²) in [5, 5.41) is 11.5. The molecule has 2 bridgehead atoms. The molecule has 3 aliphatic rings. The minimum atomic E-state index is -0.801. The Hall–Kier alpha value is -0.350. The first-order chi connectivity index (χ1) is 9.63. The average Bonchev–Trinajstić information content (AvgIpc) is 2.77. The highest BCUT2D eigenvalue weighted by Crippen LogP contribution is 2.70. The lowest BCUT2D eigenvalue weighted by molar-refractivity contribution is -0.211. The van der Waals surface area contributed by atoms with Crippen LogP contribution in [0.2, 0.25) is 0 Å². The Kier molecular flexibility index (Phi) is 3.39. The van der Waals surface area contributed by atoms with Crippen LogP contribution < -0.4 is 0 Å². The van der Waals surface area contributed by atoms with Crippen molar-refractivity contribution >= 4 is 21.9 Å². The van der Waals surface area contributed by atoms with Crippen LogP contribution in [-0.2, 0) is 9.53 Å². The van der Waals surface area contributed by atoms with Crippen molar-refractivity contribution in [3.63, 3.8) is 0 Å². The van der Waals surface area contributed by atoms with E-state index in [4.69, 9.17) is 4.74 Å². The number of esters is 1. The molecule has 5 unspecified atom stereocenters. The van der Waals surface area contributed by atoms with E-state index in [0.29, 0.717) is 18.8 Å². The normalized spacial score (nSPS) is 47.9. The Morgan fingerprint density at radius 2 is 2.10 bits per heavy atom. The SMILES string of the molecule is C=C1CC2(O)CC(OC(C)=O)C(Br)C(C)(C)C23CCC1C3. The number of aliphatic hydroxyl groups is 1. The molecule has 0 aromatic carbocycles. The van der Waals surface area contributed by atoms with Crippen LogP contribution in [0.1, 0.15) is 52.9 Å². The Morgan fingerprint density at radius 3 is 2.71 bits per heavy atom. The van der Waals surface area contributed by atoms with Gasteiger partial charge in [0.2, 0.25) is 0 Å². The third kappa shape index (κ3) is 1.91. The van der Waals surface area contributed by atoms with Crippen LogP contribution in [0.5, 0.6) is 0 Å². The monoisotopic (exact) mass is 356 g/mol. The number of hydrogen-bond acceptors (Lipinski definition) is 3. The van der Waals surface area contributed by atoms with E-state index in [-0.39, 0.29) is 27.7 Å². The standard InChI is InChI=1S/C17H25BrO3/c1-10-7-17(20)9-13(21-11(2)19)14(18)15(3,4)16(17)6-5-12(10)8-16/h12-14,20H,1,5-9H2,2-4H3. The predicted molar refractivity (Wildman–Crippen MR) is 85.1 cm³/mol. The van der Waals surface area contributed by atoms with Gasteiger partial charge in [0, 0.05) is 18.8 Å². The predicted octanol–water partition coefficient (Wildman–Crippen LogP) is 3.59. The van der Waals surface area contributed by atoms with Gasteiger partial charge in [-0.1, -0.05) is 41.9 Å². The van der Waals surface area contributed by atoms with Crippen molar-refractivity contribution in [1.82, 2.24) is 0 Å². The Morgan fingerprint density at radius 1 is 1.43 bits per heavy atom. The molecule has 1 spiro atoms. The molecule has 0 aromatic rings. The van der Waals surface area contributed by atoms with Gasteiger partial charge in [0.15, 0.2) is 0 Å². The molecule has 1 N–H and O–H groups in total. The lowest BCUT2D eigenvalue weighted by Gasteiger charge is -2.63. The van der Waals surface area contributed by atoms with Gasteiger partial charge in [-0.2, -0.15) is 0 Å². The van der Waals surface area contributed by atoms with Crippen LogP contribution in [0, 0.1) is 16.7 Å². The topological polar surface area (TPSA) is 46.5 Å². The molecule has 3 saturated carbocycles. The fourth-order valence-corrected chi connectivity index (χ4v) is 6.17. The van der Waals surface area contributed by atoms with Gasteiger partial charge in [0.25, 0.3) is 0 Å². The molecule has 3 aliphatic carbocycles. The van der Waals surface area contributed by atoms with Gasteiger partial charge in [0.1, 0.15) is 6.10 Å². The number of ether oxygens (including phenoxy) is 1. The first-order valence-corrected chi connectivity index (χ1v) is 8.76. The summed E-state index contributed by atoms with van der Waals surface area (Å²) in [6, 6.07) is 0. The molecule has 3 nitrogen and oxygen atoms in total. The quantitative estimate of drug-likeness (QED) is 0.443. The number of alkyl halides is 1. The second kappa shape index (κ2) is 4.58. The highest BCUT2D eigenvalue weighted by atomic mass is 79.9. The van der Waals surface area contributed by atoms with Crippen LogP contribution in [0.25, 0.3) is 0 Å². The molecule has 118 valence electrons. The Labute approximate surface area is 135 Å². The summed E-state index contributed by atoms with van der Waals surface area (Å²) in [5.41, 5.74) is 0.146. The molecule has 21 heavy (non-hydrogen) atoms. The Bertz CT molecular complexity index is 500. The summed E-state index contributed by atoms with van der Waals surface area (Å²) in [6.45, 7) is 10.1. The van der Waals surface area contributed by atoms with Gasteiger partial charge >= 0.3 is 5.97 Å². The molecule has 0 amide bonds. The average molecular weight is 357 g/mol. The first-order valence-electron chi connectivity index (χ1n) is 7.84. The van der Waals surface area contributed by atoms with Crippen LogP contribution in [0.15, 0.2) is 12.2 Å². The fourth-order valence-electron chi connectivity index (χ4n) is 5.44. The van der Waals surface area contributed by atoms with Gasteiger partial charge in [-0.25, -0.2) is 0 Å². The summed E-state index contributed by atoms with van der Waals surface area (Å²) >= 11 is 3.79. The van der Waals surface area contributed by atoms with E-state index in [1.54, 1.807) is 0 Å². The third-order valence-corrected chi connectivity index (χ3v) is 8.34. The lowest BCUT2D eigenvalue weighted by Crippen LogP contribution is -2.67. The van der Waals surface area contributed by atoms with E-state index in [1.165, 1.54) is 12.5 Å². The number of carbonyl (C=O) groups is 1. The van der Waals surface area contributed by atoms with Crippen LogP contribution in [0.3, 0.4) is 0 Å². The van der Waals surface area contributed by atoms with Crippen LogP contribution in [-0.4, -0.2) is 27.6 Å². The molecular weight excluding hydrogens is 332 g/mol. The maximum absolute atomic E-state index is 11.5. The third-order valence-electron chi connectivity index (χ3n) is 6.61. The zero-order chi connectivity index (χ0) is 15.6. The molecule has 0 aromatic heterocycles. The van der Waals surface area contributed by atoms with Crippen molar-refractivity contribution < 1.29 is 14.6 Å². The van der Waals surface area contributed by atoms with Crippen molar-refractivity contribution in [2.24, 2.45) is 16.7 Å². The van der Waals surface area contributed by atoms with E-state index in [1.807, 2.05) is 0 Å². The van der Waals surface area contributed by atoms with E-state index in [0.717, 1.165) is 19.3 Å². The fraction of sp³-hybridized carbons (Fsp3) is 0.824. The summed E-state index contributed by atoms with van der Waals surface area (Å²) < 4.78 is 5.52. The highest BCUT2D eigenvalue weighted by Gasteiger charge is 2.70. The second-order valence-corrected chi connectivity index (χ2v) is 8.85. The Balaban J connectivity index is 2.04. The molecule has 0 radical (unpaired) electrons. The summed E-state index contributed by atoms with van der Waals surface area (Å²) in [4.78, 5) is 11.5. The molecule has 0 aliphatic heterocycles. The summed E-state index contributed by atoms with van der Waals surface area (Å²) in [6.07, 6.45) is 4.07. The van der Waals surface area contributed by atoms with E-state index >= 15 is 0 Å². The zero-order valence-electron chi connectivity index (χ0n) is 13.1. The lowest BCUT2D eigenvalue weighted by atomic mass is 9.46. The molecule has 4 heteroatoms. The van der Waals surface area contributed by atoms with Gasteiger partial charge in [-0.3, -0.25) is 4.79 Å². The number of carbonyl (C=O) groups excluding carboxylic acids is 1. The number of hydrogen-bond donors (Lipinski definition) is 1. The van der Waals surface area contributed by atoms with Crippen molar-refractivity contribution in [2.45, 2.75) is 69.4 Å². The molecule has 3 rings (SSSR count). The van der Waals surface area contributed by atoms with E-state index in [2.05, 4.69) is 36.4 Å². The van der Waals surface area contributed by atoms with Crippen LogP contribution in [0.4, 0.5) is 0 Å². The van der Waals surface area contributed by atoms with Gasteiger partial charge < -0.3 is 9.84 Å². The van der Waals surface area contributed by atoms with Gasteiger partial charge in [-0.05, 0) is 37.0 Å². The molecule has 0 heterocycles. The van der Waals surface area contributed by atoms with Gasteiger partial charge in [0.05, 0.1) is 10.4 Å². The molecule has 5 atom stereocenters. The highest BCUT2D eigenvalue weighted by molar-refractivity contribution is 9.09. The largest absolute Gasteiger partial charge is 0.461 e.